The normalized spacial score (nSPS) is 11.9. The third-order valence-electron chi connectivity index (χ3n) is 2.77. The van der Waals surface area contributed by atoms with Crippen molar-refractivity contribution in [2.45, 2.75) is 26.7 Å². The molecule has 1 N–H and O–H groups in total. The first-order valence-corrected chi connectivity index (χ1v) is 5.98. The standard InChI is InChI=1S/C14H19NO2/c1-3-11(2)9-14(17)15-10-13(16)12-7-5-4-6-8-12/h4-8,11H,3,9-10H2,1-2H3,(H,15,17). The Kier molecular flexibility index (Phi) is 5.40. The number of rotatable bonds is 6. The smallest absolute Gasteiger partial charge is 0.220 e. The molecule has 0 aliphatic rings. The third-order valence-corrected chi connectivity index (χ3v) is 2.77. The summed E-state index contributed by atoms with van der Waals surface area (Å²) in [6.45, 7) is 4.16. The van der Waals surface area contributed by atoms with Crippen LogP contribution in [0, 0.1) is 5.92 Å². The fourth-order valence-electron chi connectivity index (χ4n) is 1.44. The zero-order chi connectivity index (χ0) is 12.7. The van der Waals surface area contributed by atoms with E-state index in [1.54, 1.807) is 12.1 Å². The fraction of sp³-hybridized carbons (Fsp3) is 0.429. The van der Waals surface area contributed by atoms with Gasteiger partial charge in [-0.3, -0.25) is 9.59 Å². The predicted octanol–water partition coefficient (Wildman–Crippen LogP) is 2.42. The molecule has 0 aliphatic carbocycles. The molecule has 1 aromatic rings. The lowest BCUT2D eigenvalue weighted by atomic mass is 10.0. The van der Waals surface area contributed by atoms with Crippen LogP contribution >= 0.6 is 0 Å². The van der Waals surface area contributed by atoms with Crippen LogP contribution < -0.4 is 5.32 Å². The minimum absolute atomic E-state index is 0.0522. The third kappa shape index (κ3) is 4.81. The van der Waals surface area contributed by atoms with Crippen molar-refractivity contribution in [3.05, 3.63) is 35.9 Å². The van der Waals surface area contributed by atoms with E-state index < -0.39 is 0 Å². The van der Waals surface area contributed by atoms with E-state index in [4.69, 9.17) is 0 Å². The molecule has 0 radical (unpaired) electrons. The molecule has 0 saturated heterocycles. The molecule has 17 heavy (non-hydrogen) atoms. The molecule has 1 rings (SSSR count). The highest BCUT2D eigenvalue weighted by Crippen LogP contribution is 2.05. The van der Waals surface area contributed by atoms with Crippen LogP contribution in [0.1, 0.15) is 37.0 Å². The molecular formula is C14H19NO2. The van der Waals surface area contributed by atoms with E-state index in [0.29, 0.717) is 17.9 Å². The van der Waals surface area contributed by atoms with E-state index >= 15 is 0 Å². The van der Waals surface area contributed by atoms with Gasteiger partial charge >= 0.3 is 0 Å². The first-order chi connectivity index (χ1) is 8.13. The Morgan fingerprint density at radius 1 is 1.24 bits per heavy atom. The second-order valence-corrected chi connectivity index (χ2v) is 4.28. The number of ketones is 1. The number of carbonyl (C=O) groups excluding carboxylic acids is 2. The van der Waals surface area contributed by atoms with Gasteiger partial charge in [0, 0.05) is 12.0 Å². The molecule has 1 unspecified atom stereocenters. The summed E-state index contributed by atoms with van der Waals surface area (Å²) >= 11 is 0. The minimum atomic E-state index is -0.0527. The van der Waals surface area contributed by atoms with Gasteiger partial charge in [0.25, 0.3) is 0 Å². The minimum Gasteiger partial charge on any atom is -0.349 e. The lowest BCUT2D eigenvalue weighted by Gasteiger charge is -2.08. The summed E-state index contributed by atoms with van der Waals surface area (Å²) in [5.41, 5.74) is 0.635. The molecule has 0 heterocycles. The maximum absolute atomic E-state index is 11.7. The number of nitrogens with one attached hydrogen (secondary N) is 1. The molecule has 3 heteroatoms. The molecule has 1 aromatic carbocycles. The molecular weight excluding hydrogens is 214 g/mol. The van der Waals surface area contributed by atoms with Gasteiger partial charge in [0.05, 0.1) is 6.54 Å². The van der Waals surface area contributed by atoms with E-state index in [-0.39, 0.29) is 18.2 Å². The molecule has 0 bridgehead atoms. The van der Waals surface area contributed by atoms with Gasteiger partial charge in [-0.1, -0.05) is 50.6 Å². The van der Waals surface area contributed by atoms with Gasteiger partial charge in [0.15, 0.2) is 5.78 Å². The summed E-state index contributed by atoms with van der Waals surface area (Å²) in [6, 6.07) is 8.99. The molecule has 1 amide bonds. The average molecular weight is 233 g/mol. The van der Waals surface area contributed by atoms with Gasteiger partial charge in [-0.2, -0.15) is 0 Å². The second kappa shape index (κ2) is 6.84. The Bertz CT molecular complexity index is 373. The molecule has 0 fully saturated rings. The van der Waals surface area contributed by atoms with E-state index in [1.807, 2.05) is 32.0 Å². The zero-order valence-electron chi connectivity index (χ0n) is 10.4. The summed E-state index contributed by atoms with van der Waals surface area (Å²) in [7, 11) is 0. The van der Waals surface area contributed by atoms with E-state index in [2.05, 4.69) is 5.32 Å². The Morgan fingerprint density at radius 3 is 2.47 bits per heavy atom. The Morgan fingerprint density at radius 2 is 1.88 bits per heavy atom. The van der Waals surface area contributed by atoms with Crippen LogP contribution in [0.5, 0.6) is 0 Å². The Hall–Kier alpha value is -1.64. The topological polar surface area (TPSA) is 46.2 Å². The highest BCUT2D eigenvalue weighted by Gasteiger charge is 2.09. The number of hydrogen-bond acceptors (Lipinski definition) is 2. The summed E-state index contributed by atoms with van der Waals surface area (Å²) in [5, 5.41) is 2.66. The van der Waals surface area contributed by atoms with Crippen LogP contribution in [-0.2, 0) is 4.79 Å². The van der Waals surface area contributed by atoms with Crippen molar-refractivity contribution in [3.63, 3.8) is 0 Å². The SMILES string of the molecule is CCC(C)CC(=O)NCC(=O)c1ccccc1. The van der Waals surface area contributed by atoms with E-state index in [1.165, 1.54) is 0 Å². The van der Waals surface area contributed by atoms with Gasteiger partial charge in [0.2, 0.25) is 5.91 Å². The number of Topliss-reactive ketones (excluding diaryl/α,β-unsaturated/α-hetero) is 1. The first kappa shape index (κ1) is 13.4. The maximum Gasteiger partial charge on any atom is 0.220 e. The lowest BCUT2D eigenvalue weighted by molar-refractivity contribution is -0.121. The van der Waals surface area contributed by atoms with E-state index in [0.717, 1.165) is 6.42 Å². The summed E-state index contributed by atoms with van der Waals surface area (Å²) in [5.74, 6) is 0.258. The summed E-state index contributed by atoms with van der Waals surface area (Å²) in [4.78, 5) is 23.2. The van der Waals surface area contributed by atoms with Crippen LogP contribution in [0.2, 0.25) is 0 Å². The van der Waals surface area contributed by atoms with Crippen molar-refractivity contribution in [1.82, 2.24) is 5.32 Å². The first-order valence-electron chi connectivity index (χ1n) is 5.98. The van der Waals surface area contributed by atoms with Crippen molar-refractivity contribution in [2.75, 3.05) is 6.54 Å². The van der Waals surface area contributed by atoms with Crippen molar-refractivity contribution in [3.8, 4) is 0 Å². The molecule has 0 aliphatic heterocycles. The number of hydrogen-bond donors (Lipinski definition) is 1. The number of amides is 1. The quantitative estimate of drug-likeness (QED) is 0.767. The zero-order valence-corrected chi connectivity index (χ0v) is 10.4. The van der Waals surface area contributed by atoms with Crippen LogP contribution in [0.15, 0.2) is 30.3 Å². The van der Waals surface area contributed by atoms with Crippen molar-refractivity contribution >= 4 is 11.7 Å². The molecule has 0 saturated carbocycles. The lowest BCUT2D eigenvalue weighted by Crippen LogP contribution is -2.30. The van der Waals surface area contributed by atoms with Crippen LogP contribution in [-0.4, -0.2) is 18.2 Å². The number of benzene rings is 1. The monoisotopic (exact) mass is 233 g/mol. The van der Waals surface area contributed by atoms with Crippen LogP contribution in [0.4, 0.5) is 0 Å². The predicted molar refractivity (Wildman–Crippen MR) is 67.9 cm³/mol. The van der Waals surface area contributed by atoms with Crippen molar-refractivity contribution < 1.29 is 9.59 Å². The molecule has 1 atom stereocenters. The fourth-order valence-corrected chi connectivity index (χ4v) is 1.44. The Labute approximate surface area is 102 Å². The van der Waals surface area contributed by atoms with Gasteiger partial charge < -0.3 is 5.32 Å². The molecule has 92 valence electrons. The van der Waals surface area contributed by atoms with Gasteiger partial charge in [0.1, 0.15) is 0 Å². The Balaban J connectivity index is 2.36. The molecule has 0 spiro atoms. The van der Waals surface area contributed by atoms with Crippen LogP contribution in [0.3, 0.4) is 0 Å². The van der Waals surface area contributed by atoms with Gasteiger partial charge in [-0.25, -0.2) is 0 Å². The number of carbonyl (C=O) groups is 2. The highest BCUT2D eigenvalue weighted by molar-refractivity contribution is 5.99. The van der Waals surface area contributed by atoms with Crippen molar-refractivity contribution in [1.29, 1.82) is 0 Å². The highest BCUT2D eigenvalue weighted by atomic mass is 16.2. The maximum atomic E-state index is 11.7. The summed E-state index contributed by atoms with van der Waals surface area (Å²) < 4.78 is 0. The largest absolute Gasteiger partial charge is 0.349 e. The van der Waals surface area contributed by atoms with Gasteiger partial charge in [-0.05, 0) is 5.92 Å². The second-order valence-electron chi connectivity index (χ2n) is 4.28. The molecule has 3 nitrogen and oxygen atoms in total. The van der Waals surface area contributed by atoms with Crippen LogP contribution in [0.25, 0.3) is 0 Å². The molecule has 0 aromatic heterocycles. The van der Waals surface area contributed by atoms with Gasteiger partial charge in [-0.15, -0.1) is 0 Å². The van der Waals surface area contributed by atoms with Crippen molar-refractivity contribution in [2.24, 2.45) is 5.92 Å². The summed E-state index contributed by atoms with van der Waals surface area (Å²) in [6.07, 6.45) is 1.46. The average Bonchev–Trinajstić information content (AvgIpc) is 2.36. The van der Waals surface area contributed by atoms with E-state index in [9.17, 15) is 9.59 Å².